The number of hydrogen-bond donors (Lipinski definition) is 0. The Bertz CT molecular complexity index is 868. The number of carbonyl (C=O) groups is 1. The lowest BCUT2D eigenvalue weighted by atomic mass is 9.89. The fraction of sp³-hybridized carbons (Fsp3) is 0.500. The first-order valence-electron chi connectivity index (χ1n) is 11.7. The van der Waals surface area contributed by atoms with Crippen LogP contribution in [0.25, 0.3) is 0 Å². The molecule has 2 saturated heterocycles. The highest BCUT2D eigenvalue weighted by Gasteiger charge is 2.42. The molecule has 3 aliphatic heterocycles. The number of amides is 1. The van der Waals surface area contributed by atoms with Crippen LogP contribution in [0.4, 0.5) is 11.4 Å². The molecule has 158 valence electrons. The number of likely N-dealkylation sites (tertiary alicyclic amines) is 2. The van der Waals surface area contributed by atoms with Crippen molar-refractivity contribution >= 4 is 17.3 Å². The van der Waals surface area contributed by atoms with Crippen molar-refractivity contribution in [3.05, 3.63) is 60.2 Å². The van der Waals surface area contributed by atoms with Gasteiger partial charge in [0.25, 0.3) is 0 Å². The van der Waals surface area contributed by atoms with Gasteiger partial charge in [-0.2, -0.15) is 0 Å². The summed E-state index contributed by atoms with van der Waals surface area (Å²) in [5.74, 6) is 0.949. The lowest BCUT2D eigenvalue weighted by Gasteiger charge is -2.39. The molecule has 0 saturated carbocycles. The monoisotopic (exact) mass is 403 g/mol. The van der Waals surface area contributed by atoms with E-state index in [2.05, 4.69) is 69.3 Å². The third-order valence-corrected chi connectivity index (χ3v) is 7.20. The van der Waals surface area contributed by atoms with Crippen molar-refractivity contribution < 1.29 is 4.79 Å². The van der Waals surface area contributed by atoms with Gasteiger partial charge in [-0.15, -0.1) is 0 Å². The third-order valence-electron chi connectivity index (χ3n) is 7.20. The van der Waals surface area contributed by atoms with Crippen molar-refractivity contribution in [3.8, 4) is 0 Å². The Balaban J connectivity index is 1.21. The minimum absolute atomic E-state index is 0.366. The molecule has 0 spiro atoms. The van der Waals surface area contributed by atoms with Gasteiger partial charge in [0.2, 0.25) is 5.91 Å². The van der Waals surface area contributed by atoms with Crippen LogP contribution in [0.3, 0.4) is 0 Å². The topological polar surface area (TPSA) is 26.8 Å². The summed E-state index contributed by atoms with van der Waals surface area (Å²) in [7, 11) is 0. The van der Waals surface area contributed by atoms with Crippen LogP contribution >= 0.6 is 0 Å². The first-order chi connectivity index (χ1) is 14.8. The van der Waals surface area contributed by atoms with Gasteiger partial charge in [0.05, 0.1) is 0 Å². The number of piperidine rings is 2. The highest BCUT2D eigenvalue weighted by Crippen LogP contribution is 2.48. The van der Waals surface area contributed by atoms with E-state index < -0.39 is 0 Å². The van der Waals surface area contributed by atoms with Gasteiger partial charge in [0.1, 0.15) is 0 Å². The molecule has 0 bridgehead atoms. The maximum Gasteiger partial charge on any atom is 0.222 e. The van der Waals surface area contributed by atoms with Gasteiger partial charge in [-0.1, -0.05) is 36.4 Å². The van der Waals surface area contributed by atoms with Crippen LogP contribution in [0.2, 0.25) is 0 Å². The Kier molecular flexibility index (Phi) is 5.76. The van der Waals surface area contributed by atoms with E-state index in [0.717, 1.165) is 45.4 Å². The Morgan fingerprint density at radius 3 is 2.53 bits per heavy atom. The minimum Gasteiger partial charge on any atom is -0.343 e. The van der Waals surface area contributed by atoms with E-state index >= 15 is 0 Å². The molecule has 2 unspecified atom stereocenters. The molecule has 2 aromatic rings. The number of rotatable bonds is 6. The van der Waals surface area contributed by atoms with E-state index in [4.69, 9.17) is 0 Å². The Hall–Kier alpha value is -2.33. The molecular weight excluding hydrogens is 370 g/mol. The molecule has 0 aromatic heterocycles. The highest BCUT2D eigenvalue weighted by atomic mass is 16.2. The lowest BCUT2D eigenvalue weighted by Crippen LogP contribution is -2.45. The quantitative estimate of drug-likeness (QED) is 0.649. The van der Waals surface area contributed by atoms with Crippen molar-refractivity contribution in [1.82, 2.24) is 9.80 Å². The second kappa shape index (κ2) is 8.81. The fourth-order valence-corrected chi connectivity index (χ4v) is 5.68. The van der Waals surface area contributed by atoms with E-state index in [1.54, 1.807) is 0 Å². The molecule has 5 rings (SSSR count). The summed E-state index contributed by atoms with van der Waals surface area (Å²) in [5.41, 5.74) is 4.22. The van der Waals surface area contributed by atoms with Crippen molar-refractivity contribution in [2.45, 2.75) is 50.5 Å². The molecule has 4 heteroatoms. The molecule has 1 amide bonds. The van der Waals surface area contributed by atoms with Crippen LogP contribution in [-0.4, -0.2) is 54.5 Å². The lowest BCUT2D eigenvalue weighted by molar-refractivity contribution is -0.133. The first kappa shape index (κ1) is 19.6. The zero-order valence-electron chi connectivity index (χ0n) is 17.9. The van der Waals surface area contributed by atoms with Crippen molar-refractivity contribution in [2.75, 3.05) is 37.6 Å². The third kappa shape index (κ3) is 3.85. The molecule has 0 N–H and O–H groups in total. The molecule has 3 heterocycles. The standard InChI is InChI=1S/C26H33N3O/c30-26-14-6-7-17-28(26)18-9-8-16-27-19-15-25-23(20-27)22-12-4-5-13-24(22)29(25)21-10-2-1-3-11-21/h1-5,10-13,23,25H,6-9,14-20H2. The predicted molar refractivity (Wildman–Crippen MR) is 122 cm³/mol. The number of benzene rings is 2. The molecule has 2 fully saturated rings. The van der Waals surface area contributed by atoms with E-state index in [9.17, 15) is 4.79 Å². The van der Waals surface area contributed by atoms with Gasteiger partial charge >= 0.3 is 0 Å². The Labute approximate surface area is 180 Å². The van der Waals surface area contributed by atoms with Gasteiger partial charge in [-0.05, 0) is 62.4 Å². The summed E-state index contributed by atoms with van der Waals surface area (Å²) in [4.78, 5) is 19.3. The normalized spacial score (nSPS) is 24.1. The number of nitrogens with zero attached hydrogens (tertiary/aromatic N) is 3. The predicted octanol–water partition coefficient (Wildman–Crippen LogP) is 4.79. The zero-order chi connectivity index (χ0) is 20.3. The number of hydrogen-bond acceptors (Lipinski definition) is 3. The molecule has 30 heavy (non-hydrogen) atoms. The molecule has 2 aromatic carbocycles. The fourth-order valence-electron chi connectivity index (χ4n) is 5.68. The first-order valence-corrected chi connectivity index (χ1v) is 11.7. The second-order valence-corrected chi connectivity index (χ2v) is 9.07. The molecule has 0 aliphatic carbocycles. The number of anilines is 2. The average molecular weight is 404 g/mol. The number of carbonyl (C=O) groups excluding carboxylic acids is 1. The SMILES string of the molecule is O=C1CCCCN1CCCCN1CCC2C(C1)c1ccccc1N2c1ccccc1. The Morgan fingerprint density at radius 1 is 0.867 bits per heavy atom. The van der Waals surface area contributed by atoms with Crippen molar-refractivity contribution in [3.63, 3.8) is 0 Å². The smallest absolute Gasteiger partial charge is 0.222 e. The molecule has 4 nitrogen and oxygen atoms in total. The van der Waals surface area contributed by atoms with E-state index in [0.29, 0.717) is 17.9 Å². The van der Waals surface area contributed by atoms with Crippen molar-refractivity contribution in [1.29, 1.82) is 0 Å². The van der Waals surface area contributed by atoms with Crippen molar-refractivity contribution in [2.24, 2.45) is 0 Å². The molecular formula is C26H33N3O. The summed E-state index contributed by atoms with van der Waals surface area (Å²) in [5, 5.41) is 0. The largest absolute Gasteiger partial charge is 0.343 e. The van der Waals surface area contributed by atoms with Crippen LogP contribution in [0.15, 0.2) is 54.6 Å². The zero-order valence-corrected chi connectivity index (χ0v) is 17.9. The summed E-state index contributed by atoms with van der Waals surface area (Å²) in [6.07, 6.45) is 6.53. The van der Waals surface area contributed by atoms with Crippen LogP contribution in [-0.2, 0) is 4.79 Å². The summed E-state index contributed by atoms with van der Waals surface area (Å²) in [6, 6.07) is 20.4. The minimum atomic E-state index is 0.366. The van der Waals surface area contributed by atoms with Gasteiger partial charge in [0, 0.05) is 55.9 Å². The van der Waals surface area contributed by atoms with Crippen LogP contribution in [0.5, 0.6) is 0 Å². The van der Waals surface area contributed by atoms with Crippen LogP contribution in [0, 0.1) is 0 Å². The Morgan fingerprint density at radius 2 is 1.67 bits per heavy atom. The van der Waals surface area contributed by atoms with Crippen LogP contribution < -0.4 is 4.90 Å². The number of unbranched alkanes of at least 4 members (excludes halogenated alkanes) is 1. The average Bonchev–Trinajstić information content (AvgIpc) is 3.12. The number of fused-ring (bicyclic) bond motifs is 3. The second-order valence-electron chi connectivity index (χ2n) is 9.07. The maximum absolute atomic E-state index is 12.0. The molecule has 3 aliphatic rings. The molecule has 0 radical (unpaired) electrons. The van der Waals surface area contributed by atoms with Gasteiger partial charge < -0.3 is 14.7 Å². The summed E-state index contributed by atoms with van der Waals surface area (Å²) in [6.45, 7) is 5.38. The van der Waals surface area contributed by atoms with Gasteiger partial charge in [-0.3, -0.25) is 4.79 Å². The van der Waals surface area contributed by atoms with Gasteiger partial charge in [-0.25, -0.2) is 0 Å². The summed E-state index contributed by atoms with van der Waals surface area (Å²) < 4.78 is 0. The maximum atomic E-state index is 12.0. The summed E-state index contributed by atoms with van der Waals surface area (Å²) >= 11 is 0. The van der Waals surface area contributed by atoms with E-state index in [1.165, 1.54) is 42.7 Å². The van der Waals surface area contributed by atoms with E-state index in [1.807, 2.05) is 0 Å². The van der Waals surface area contributed by atoms with Crippen LogP contribution in [0.1, 0.15) is 50.0 Å². The van der Waals surface area contributed by atoms with E-state index in [-0.39, 0.29) is 0 Å². The highest BCUT2D eigenvalue weighted by molar-refractivity contribution is 5.76. The number of para-hydroxylation sites is 2. The molecule has 2 atom stereocenters. The van der Waals surface area contributed by atoms with Gasteiger partial charge in [0.15, 0.2) is 0 Å².